The lowest BCUT2D eigenvalue weighted by molar-refractivity contribution is 0.0384. The van der Waals surface area contributed by atoms with Crippen molar-refractivity contribution in [1.82, 2.24) is 5.32 Å². The Balaban J connectivity index is 2.08. The molecule has 0 aliphatic carbocycles. The van der Waals surface area contributed by atoms with Gasteiger partial charge in [-0.25, -0.2) is 0 Å². The fourth-order valence-corrected chi connectivity index (χ4v) is 2.83. The molecule has 1 aliphatic heterocycles. The van der Waals surface area contributed by atoms with Crippen LogP contribution >= 0.6 is 11.6 Å². The summed E-state index contributed by atoms with van der Waals surface area (Å²) in [7, 11) is 1.71. The Bertz CT molecular complexity index is 442. The zero-order chi connectivity index (χ0) is 15.1. The molecule has 0 saturated carbocycles. The summed E-state index contributed by atoms with van der Waals surface area (Å²) in [5.41, 5.74) is 2.38. The number of ether oxygens (including phenoxy) is 2. The first-order chi connectivity index (χ1) is 10.3. The molecule has 1 heterocycles. The number of hydrogen-bond acceptors (Lipinski definition) is 4. The van der Waals surface area contributed by atoms with E-state index in [-0.39, 0.29) is 0 Å². The summed E-state index contributed by atoms with van der Waals surface area (Å²) in [5, 5.41) is 4.20. The normalized spacial score (nSPS) is 19.0. The molecule has 0 radical (unpaired) electrons. The van der Waals surface area contributed by atoms with E-state index in [4.69, 9.17) is 21.1 Å². The molecule has 1 atom stereocenters. The van der Waals surface area contributed by atoms with Crippen molar-refractivity contribution >= 4 is 17.3 Å². The molecular formula is C16H25ClN2O2. The van der Waals surface area contributed by atoms with E-state index in [1.54, 1.807) is 7.11 Å². The molecule has 0 spiro atoms. The molecule has 21 heavy (non-hydrogen) atoms. The molecule has 1 unspecified atom stereocenters. The standard InChI is InChI=1S/C16H25ClN2O2/c1-3-13-12-19(8-10-21-13)16-6-4-5-15(17)14(16)11-18-7-9-20-2/h4-6,13,18H,3,7-12H2,1-2H3. The molecular weight excluding hydrogens is 288 g/mol. The van der Waals surface area contributed by atoms with Crippen LogP contribution in [0.5, 0.6) is 0 Å². The highest BCUT2D eigenvalue weighted by atomic mass is 35.5. The summed E-state index contributed by atoms with van der Waals surface area (Å²) in [5.74, 6) is 0. The summed E-state index contributed by atoms with van der Waals surface area (Å²) in [4.78, 5) is 2.39. The van der Waals surface area contributed by atoms with Gasteiger partial charge in [0.15, 0.2) is 0 Å². The van der Waals surface area contributed by atoms with Crippen LogP contribution in [0.3, 0.4) is 0 Å². The lowest BCUT2D eigenvalue weighted by atomic mass is 10.1. The summed E-state index contributed by atoms with van der Waals surface area (Å²) >= 11 is 6.40. The van der Waals surface area contributed by atoms with Gasteiger partial charge in [-0.3, -0.25) is 0 Å². The highest BCUT2D eigenvalue weighted by molar-refractivity contribution is 6.31. The number of halogens is 1. The van der Waals surface area contributed by atoms with Gasteiger partial charge >= 0.3 is 0 Å². The quantitative estimate of drug-likeness (QED) is 0.785. The van der Waals surface area contributed by atoms with Crippen LogP contribution in [0.1, 0.15) is 18.9 Å². The highest BCUT2D eigenvalue weighted by Crippen LogP contribution is 2.29. The van der Waals surface area contributed by atoms with Crippen LogP contribution in [0, 0.1) is 0 Å². The van der Waals surface area contributed by atoms with E-state index in [2.05, 4.69) is 23.2 Å². The lowest BCUT2D eigenvalue weighted by Crippen LogP contribution is -2.42. The number of morpholine rings is 1. The van der Waals surface area contributed by atoms with Gasteiger partial charge < -0.3 is 19.7 Å². The van der Waals surface area contributed by atoms with Crippen LogP contribution in [0.25, 0.3) is 0 Å². The number of hydrogen-bond donors (Lipinski definition) is 1. The third-order valence-corrected chi connectivity index (χ3v) is 4.17. The fourth-order valence-electron chi connectivity index (χ4n) is 2.59. The van der Waals surface area contributed by atoms with Crippen molar-refractivity contribution in [2.24, 2.45) is 0 Å². The molecule has 5 heteroatoms. The Hall–Kier alpha value is -0.810. The van der Waals surface area contributed by atoms with Crippen LogP contribution < -0.4 is 10.2 Å². The molecule has 0 bridgehead atoms. The minimum absolute atomic E-state index is 0.312. The number of nitrogens with zero attached hydrogens (tertiary/aromatic N) is 1. The van der Waals surface area contributed by atoms with Crippen molar-refractivity contribution in [2.45, 2.75) is 26.0 Å². The molecule has 0 aromatic heterocycles. The van der Waals surface area contributed by atoms with Crippen molar-refractivity contribution in [2.75, 3.05) is 44.9 Å². The van der Waals surface area contributed by atoms with Crippen molar-refractivity contribution in [3.63, 3.8) is 0 Å². The van der Waals surface area contributed by atoms with Gasteiger partial charge in [0, 0.05) is 49.6 Å². The first kappa shape index (κ1) is 16.6. The number of benzene rings is 1. The van der Waals surface area contributed by atoms with Gasteiger partial charge in [-0.2, -0.15) is 0 Å². The summed E-state index contributed by atoms with van der Waals surface area (Å²) in [6.07, 6.45) is 1.35. The topological polar surface area (TPSA) is 33.7 Å². The predicted molar refractivity (Wildman–Crippen MR) is 87.3 cm³/mol. The van der Waals surface area contributed by atoms with Gasteiger partial charge in [0.2, 0.25) is 0 Å². The van der Waals surface area contributed by atoms with Gasteiger partial charge in [-0.05, 0) is 18.6 Å². The molecule has 1 fully saturated rings. The second kappa shape index (κ2) is 8.59. The number of nitrogens with one attached hydrogen (secondary N) is 1. The number of methoxy groups -OCH3 is 1. The lowest BCUT2D eigenvalue weighted by Gasteiger charge is -2.35. The largest absolute Gasteiger partial charge is 0.383 e. The number of rotatable bonds is 7. The maximum absolute atomic E-state index is 6.40. The van der Waals surface area contributed by atoms with Gasteiger partial charge in [-0.1, -0.05) is 24.6 Å². The second-order valence-electron chi connectivity index (χ2n) is 5.25. The Labute approximate surface area is 132 Å². The number of anilines is 1. The maximum Gasteiger partial charge on any atom is 0.0748 e. The summed E-state index contributed by atoms with van der Waals surface area (Å²) in [6.45, 7) is 7.08. The Morgan fingerprint density at radius 3 is 3.10 bits per heavy atom. The van der Waals surface area contributed by atoms with Crippen molar-refractivity contribution in [3.8, 4) is 0 Å². The van der Waals surface area contributed by atoms with Gasteiger partial charge in [-0.15, -0.1) is 0 Å². The molecule has 1 N–H and O–H groups in total. The van der Waals surface area contributed by atoms with Crippen LogP contribution in [0.15, 0.2) is 18.2 Å². The second-order valence-corrected chi connectivity index (χ2v) is 5.66. The first-order valence-corrected chi connectivity index (χ1v) is 7.97. The van der Waals surface area contributed by atoms with E-state index >= 15 is 0 Å². The van der Waals surface area contributed by atoms with Gasteiger partial charge in [0.25, 0.3) is 0 Å². The van der Waals surface area contributed by atoms with E-state index in [0.29, 0.717) is 12.7 Å². The van der Waals surface area contributed by atoms with Crippen molar-refractivity contribution < 1.29 is 9.47 Å². The highest BCUT2D eigenvalue weighted by Gasteiger charge is 2.21. The SMILES string of the molecule is CCC1CN(c2cccc(Cl)c2CNCCOC)CCO1. The van der Waals surface area contributed by atoms with E-state index in [1.165, 1.54) is 5.69 Å². The zero-order valence-corrected chi connectivity index (χ0v) is 13.7. The van der Waals surface area contributed by atoms with E-state index in [9.17, 15) is 0 Å². The third-order valence-electron chi connectivity index (χ3n) is 3.81. The van der Waals surface area contributed by atoms with E-state index < -0.39 is 0 Å². The molecule has 4 nitrogen and oxygen atoms in total. The monoisotopic (exact) mass is 312 g/mol. The van der Waals surface area contributed by atoms with Crippen molar-refractivity contribution in [3.05, 3.63) is 28.8 Å². The Kier molecular flexibility index (Phi) is 6.77. The molecule has 118 valence electrons. The van der Waals surface area contributed by atoms with Crippen LogP contribution in [-0.2, 0) is 16.0 Å². The van der Waals surface area contributed by atoms with Gasteiger partial charge in [0.1, 0.15) is 0 Å². The summed E-state index contributed by atoms with van der Waals surface area (Å²) < 4.78 is 10.8. The molecule has 0 amide bonds. The van der Waals surface area contributed by atoms with Gasteiger partial charge in [0.05, 0.1) is 19.3 Å². The van der Waals surface area contributed by atoms with Crippen LogP contribution in [0.4, 0.5) is 5.69 Å². The van der Waals surface area contributed by atoms with Crippen LogP contribution in [-0.4, -0.2) is 46.1 Å². The van der Waals surface area contributed by atoms with Crippen molar-refractivity contribution in [1.29, 1.82) is 0 Å². The predicted octanol–water partition coefficient (Wildman–Crippen LogP) is 2.69. The third kappa shape index (κ3) is 4.58. The van der Waals surface area contributed by atoms with Crippen LogP contribution in [0.2, 0.25) is 5.02 Å². The molecule has 1 aromatic rings. The average Bonchev–Trinajstić information content (AvgIpc) is 2.52. The maximum atomic E-state index is 6.40. The first-order valence-electron chi connectivity index (χ1n) is 7.59. The minimum atomic E-state index is 0.312. The molecule has 1 aliphatic rings. The molecule has 1 aromatic carbocycles. The van der Waals surface area contributed by atoms with E-state index in [0.717, 1.165) is 49.8 Å². The Morgan fingerprint density at radius 1 is 1.48 bits per heavy atom. The molecule has 1 saturated heterocycles. The fraction of sp³-hybridized carbons (Fsp3) is 0.625. The summed E-state index contributed by atoms with van der Waals surface area (Å²) in [6, 6.07) is 6.13. The smallest absolute Gasteiger partial charge is 0.0748 e. The minimum Gasteiger partial charge on any atom is -0.383 e. The zero-order valence-electron chi connectivity index (χ0n) is 12.9. The van der Waals surface area contributed by atoms with E-state index in [1.807, 2.05) is 12.1 Å². The molecule has 2 rings (SSSR count). The Morgan fingerprint density at radius 2 is 2.33 bits per heavy atom. The average molecular weight is 313 g/mol.